The average molecular weight is 380 g/mol. The van der Waals surface area contributed by atoms with E-state index in [1.807, 2.05) is 25.1 Å². The highest BCUT2D eigenvalue weighted by atomic mass is 16.5. The largest absolute Gasteiger partial charge is 0.493 e. The summed E-state index contributed by atoms with van der Waals surface area (Å²) in [6.45, 7) is 6.44. The lowest BCUT2D eigenvalue weighted by molar-refractivity contribution is 0.0168. The molecule has 1 saturated heterocycles. The molecule has 0 amide bonds. The van der Waals surface area contributed by atoms with Gasteiger partial charge in [-0.2, -0.15) is 0 Å². The molecule has 1 aliphatic rings. The SMILES string of the molecule is CCNC(=NCc1cccc(OC)c1OC)NCCCOCC1CCCO1. The van der Waals surface area contributed by atoms with Gasteiger partial charge >= 0.3 is 0 Å². The monoisotopic (exact) mass is 379 g/mol. The topological polar surface area (TPSA) is 73.3 Å². The van der Waals surface area contributed by atoms with Gasteiger partial charge in [0.15, 0.2) is 17.5 Å². The molecule has 1 aromatic rings. The Balaban J connectivity index is 1.76. The van der Waals surface area contributed by atoms with Crippen LogP contribution in [0.1, 0.15) is 31.7 Å². The number of hydrogen-bond acceptors (Lipinski definition) is 5. The highest BCUT2D eigenvalue weighted by molar-refractivity contribution is 5.79. The molecule has 0 spiro atoms. The van der Waals surface area contributed by atoms with Gasteiger partial charge in [0, 0.05) is 31.9 Å². The fraction of sp³-hybridized carbons (Fsp3) is 0.650. The Morgan fingerprint density at radius 3 is 2.85 bits per heavy atom. The van der Waals surface area contributed by atoms with Gasteiger partial charge in [-0.1, -0.05) is 12.1 Å². The van der Waals surface area contributed by atoms with Gasteiger partial charge in [-0.3, -0.25) is 0 Å². The van der Waals surface area contributed by atoms with Crippen LogP contribution in [0.2, 0.25) is 0 Å². The zero-order valence-corrected chi connectivity index (χ0v) is 16.8. The van der Waals surface area contributed by atoms with Crippen molar-refractivity contribution >= 4 is 5.96 Å². The van der Waals surface area contributed by atoms with E-state index in [9.17, 15) is 0 Å². The molecule has 27 heavy (non-hydrogen) atoms. The molecular weight excluding hydrogens is 346 g/mol. The van der Waals surface area contributed by atoms with Crippen LogP contribution in [0.3, 0.4) is 0 Å². The molecule has 7 heteroatoms. The summed E-state index contributed by atoms with van der Waals surface area (Å²) < 4.78 is 22.0. The Morgan fingerprint density at radius 2 is 2.15 bits per heavy atom. The van der Waals surface area contributed by atoms with Gasteiger partial charge in [0.05, 0.1) is 33.5 Å². The van der Waals surface area contributed by atoms with Crippen molar-refractivity contribution in [3.63, 3.8) is 0 Å². The summed E-state index contributed by atoms with van der Waals surface area (Å²) in [5, 5.41) is 6.60. The van der Waals surface area contributed by atoms with Gasteiger partial charge < -0.3 is 29.6 Å². The zero-order valence-electron chi connectivity index (χ0n) is 16.8. The quantitative estimate of drug-likeness (QED) is 0.349. The Morgan fingerprint density at radius 1 is 1.26 bits per heavy atom. The zero-order chi connectivity index (χ0) is 19.3. The van der Waals surface area contributed by atoms with Crippen molar-refractivity contribution in [2.75, 3.05) is 47.1 Å². The predicted molar refractivity (Wildman–Crippen MR) is 107 cm³/mol. The van der Waals surface area contributed by atoms with E-state index in [4.69, 9.17) is 18.9 Å². The highest BCUT2D eigenvalue weighted by Crippen LogP contribution is 2.30. The number of benzene rings is 1. The fourth-order valence-electron chi connectivity index (χ4n) is 2.96. The maximum atomic E-state index is 5.69. The molecule has 2 rings (SSSR count). The molecular formula is C20H33N3O4. The van der Waals surface area contributed by atoms with Gasteiger partial charge in [-0.25, -0.2) is 4.99 Å². The van der Waals surface area contributed by atoms with Crippen LogP contribution in [0, 0.1) is 0 Å². The van der Waals surface area contributed by atoms with E-state index in [1.54, 1.807) is 14.2 Å². The molecule has 0 radical (unpaired) electrons. The number of nitrogens with zero attached hydrogens (tertiary/aromatic N) is 1. The van der Waals surface area contributed by atoms with Crippen LogP contribution in [-0.2, 0) is 16.0 Å². The normalized spacial score (nSPS) is 17.0. The van der Waals surface area contributed by atoms with Gasteiger partial charge in [0.1, 0.15) is 0 Å². The number of guanidine groups is 1. The van der Waals surface area contributed by atoms with Crippen LogP contribution in [0.4, 0.5) is 0 Å². The average Bonchev–Trinajstić information content (AvgIpc) is 3.21. The van der Waals surface area contributed by atoms with Crippen molar-refractivity contribution in [1.82, 2.24) is 10.6 Å². The number of para-hydroxylation sites is 1. The van der Waals surface area contributed by atoms with Crippen molar-refractivity contribution in [1.29, 1.82) is 0 Å². The van der Waals surface area contributed by atoms with E-state index in [2.05, 4.69) is 15.6 Å². The molecule has 7 nitrogen and oxygen atoms in total. The molecule has 1 aromatic carbocycles. The standard InChI is InChI=1S/C20H33N3O4/c1-4-21-20(22-11-7-12-26-15-17-9-6-13-27-17)23-14-16-8-5-10-18(24-2)19(16)25-3/h5,8,10,17H,4,6-7,9,11-15H2,1-3H3,(H2,21,22,23). The molecule has 0 bridgehead atoms. The van der Waals surface area contributed by atoms with Gasteiger partial charge in [-0.05, 0) is 32.3 Å². The number of hydrogen-bond donors (Lipinski definition) is 2. The first-order valence-electron chi connectivity index (χ1n) is 9.69. The van der Waals surface area contributed by atoms with Crippen LogP contribution < -0.4 is 20.1 Å². The van der Waals surface area contributed by atoms with Gasteiger partial charge in [0.2, 0.25) is 0 Å². The lowest BCUT2D eigenvalue weighted by atomic mass is 10.2. The summed E-state index contributed by atoms with van der Waals surface area (Å²) in [7, 11) is 3.28. The Bertz CT molecular complexity index is 574. The molecule has 152 valence electrons. The highest BCUT2D eigenvalue weighted by Gasteiger charge is 2.15. The molecule has 0 saturated carbocycles. The number of rotatable bonds is 11. The van der Waals surface area contributed by atoms with Crippen molar-refractivity contribution in [2.24, 2.45) is 4.99 Å². The summed E-state index contributed by atoms with van der Waals surface area (Å²) in [4.78, 5) is 4.65. The van der Waals surface area contributed by atoms with E-state index in [0.29, 0.717) is 18.9 Å². The fourth-order valence-corrected chi connectivity index (χ4v) is 2.96. The molecule has 0 aromatic heterocycles. The van der Waals surface area contributed by atoms with Crippen LogP contribution >= 0.6 is 0 Å². The minimum absolute atomic E-state index is 0.287. The van der Waals surface area contributed by atoms with Gasteiger partial charge in [0.25, 0.3) is 0 Å². The number of nitrogens with one attached hydrogen (secondary N) is 2. The number of aliphatic imine (C=N–C) groups is 1. The Labute approximate surface area is 162 Å². The van der Waals surface area contributed by atoms with Crippen molar-refractivity contribution < 1.29 is 18.9 Å². The lowest BCUT2D eigenvalue weighted by Crippen LogP contribution is -2.38. The van der Waals surface area contributed by atoms with E-state index in [1.165, 1.54) is 0 Å². The molecule has 0 aliphatic carbocycles. The molecule has 1 heterocycles. The lowest BCUT2D eigenvalue weighted by Gasteiger charge is -2.14. The first kappa shape index (κ1) is 21.3. The summed E-state index contributed by atoms with van der Waals surface area (Å²) in [5.41, 5.74) is 0.981. The van der Waals surface area contributed by atoms with Gasteiger partial charge in [-0.15, -0.1) is 0 Å². The van der Waals surface area contributed by atoms with E-state index >= 15 is 0 Å². The van der Waals surface area contributed by atoms with E-state index in [0.717, 1.165) is 62.8 Å². The maximum absolute atomic E-state index is 5.69. The summed E-state index contributed by atoms with van der Waals surface area (Å²) in [6.07, 6.45) is 3.47. The summed E-state index contributed by atoms with van der Waals surface area (Å²) >= 11 is 0. The second-order valence-corrected chi connectivity index (χ2v) is 6.34. The minimum atomic E-state index is 0.287. The van der Waals surface area contributed by atoms with Crippen LogP contribution in [0.25, 0.3) is 0 Å². The number of methoxy groups -OCH3 is 2. The smallest absolute Gasteiger partial charge is 0.191 e. The first-order chi connectivity index (χ1) is 13.3. The molecule has 1 fully saturated rings. The second-order valence-electron chi connectivity index (χ2n) is 6.34. The van der Waals surface area contributed by atoms with Crippen LogP contribution in [0.15, 0.2) is 23.2 Å². The van der Waals surface area contributed by atoms with Crippen LogP contribution in [0.5, 0.6) is 11.5 Å². The molecule has 1 aliphatic heterocycles. The first-order valence-corrected chi connectivity index (χ1v) is 9.69. The van der Waals surface area contributed by atoms with Crippen molar-refractivity contribution in [2.45, 2.75) is 38.8 Å². The minimum Gasteiger partial charge on any atom is -0.493 e. The Kier molecular flexibility index (Phi) is 9.79. The maximum Gasteiger partial charge on any atom is 0.191 e. The van der Waals surface area contributed by atoms with E-state index < -0.39 is 0 Å². The van der Waals surface area contributed by atoms with Crippen molar-refractivity contribution in [3.05, 3.63) is 23.8 Å². The van der Waals surface area contributed by atoms with Crippen LogP contribution in [-0.4, -0.2) is 59.2 Å². The van der Waals surface area contributed by atoms with E-state index in [-0.39, 0.29) is 6.10 Å². The second kappa shape index (κ2) is 12.4. The molecule has 1 atom stereocenters. The Hall–Kier alpha value is -1.99. The summed E-state index contributed by atoms with van der Waals surface area (Å²) in [5.74, 6) is 2.22. The number of ether oxygens (including phenoxy) is 4. The van der Waals surface area contributed by atoms with Crippen molar-refractivity contribution in [3.8, 4) is 11.5 Å². The summed E-state index contributed by atoms with van der Waals surface area (Å²) in [6, 6.07) is 5.82. The predicted octanol–water partition coefficient (Wildman–Crippen LogP) is 2.34. The third-order valence-corrected chi connectivity index (χ3v) is 4.32. The molecule has 2 N–H and O–H groups in total. The molecule has 1 unspecified atom stereocenters. The third-order valence-electron chi connectivity index (χ3n) is 4.32. The third kappa shape index (κ3) is 7.27.